The van der Waals surface area contributed by atoms with Crippen LogP contribution in [0.5, 0.6) is 0 Å². The van der Waals surface area contributed by atoms with Gasteiger partial charge in [0.15, 0.2) is 6.67 Å². The van der Waals surface area contributed by atoms with Crippen LogP contribution in [0.15, 0.2) is 91.0 Å². The molecule has 3 aromatic carbocycles. The van der Waals surface area contributed by atoms with Crippen LogP contribution in [0.4, 0.5) is 4.39 Å². The van der Waals surface area contributed by atoms with Crippen LogP contribution >= 0.6 is 11.3 Å². The third kappa shape index (κ3) is 14.6. The SMILES string of the molecule is NCCC[C@H](NC(=O)[C@H](Cc1ccccc1)NC(=O)CF)C(=O)N1CCC[C@H]1C(=O)N[C@H](CC1CCCCC1)C(=O)N[C@@H](Cc1cc2ccccc2s1)C(=O)N[C@@H](Cc1ccccc1)C(N)=O. The highest BCUT2D eigenvalue weighted by atomic mass is 32.1. The molecule has 9 N–H and O–H groups in total. The molecule has 6 rings (SSSR count). The number of amides is 7. The maximum Gasteiger partial charge on any atom is 0.252 e. The predicted molar refractivity (Wildman–Crippen MR) is 255 cm³/mol. The van der Waals surface area contributed by atoms with Gasteiger partial charge in [0.05, 0.1) is 0 Å². The minimum atomic E-state index is -1.33. The van der Waals surface area contributed by atoms with E-state index in [4.69, 9.17) is 11.5 Å². The summed E-state index contributed by atoms with van der Waals surface area (Å²) in [6.07, 6.45) is 6.59. The highest BCUT2D eigenvalue weighted by Crippen LogP contribution is 2.29. The number of alkyl halides is 1. The van der Waals surface area contributed by atoms with Crippen molar-refractivity contribution < 1.29 is 38.0 Å². The van der Waals surface area contributed by atoms with Crippen LogP contribution in [0, 0.1) is 5.92 Å². The normalized spacial score (nSPS) is 17.3. The van der Waals surface area contributed by atoms with Crippen molar-refractivity contribution in [2.24, 2.45) is 17.4 Å². The Morgan fingerprint density at radius 3 is 1.87 bits per heavy atom. The fourth-order valence-corrected chi connectivity index (χ4v) is 10.2. The summed E-state index contributed by atoms with van der Waals surface area (Å²) in [6.45, 7) is -0.909. The molecule has 7 amide bonds. The van der Waals surface area contributed by atoms with Crippen LogP contribution in [0.25, 0.3) is 10.1 Å². The van der Waals surface area contributed by atoms with Gasteiger partial charge in [-0.25, -0.2) is 4.39 Å². The van der Waals surface area contributed by atoms with E-state index in [1.807, 2.05) is 60.7 Å². The number of likely N-dealkylation sites (tertiary alicyclic amines) is 1. The number of nitrogens with zero attached hydrogens (tertiary/aromatic N) is 1. The van der Waals surface area contributed by atoms with E-state index in [2.05, 4.69) is 26.6 Å². The third-order valence-corrected chi connectivity index (χ3v) is 13.7. The van der Waals surface area contributed by atoms with E-state index in [1.165, 1.54) is 16.2 Å². The third-order valence-electron chi connectivity index (χ3n) is 12.6. The largest absolute Gasteiger partial charge is 0.368 e. The molecule has 6 atom stereocenters. The van der Waals surface area contributed by atoms with E-state index in [-0.39, 0.29) is 44.7 Å². The minimum absolute atomic E-state index is 0.0431. The maximum absolute atomic E-state index is 14.6. The Morgan fingerprint density at radius 2 is 1.24 bits per heavy atom. The summed E-state index contributed by atoms with van der Waals surface area (Å²) in [6, 6.07) is 21.2. The number of halogens is 1. The molecule has 17 heteroatoms. The molecule has 1 saturated carbocycles. The van der Waals surface area contributed by atoms with Gasteiger partial charge in [-0.2, -0.15) is 0 Å². The lowest BCUT2D eigenvalue weighted by Gasteiger charge is -2.32. The second-order valence-electron chi connectivity index (χ2n) is 17.6. The number of thiophene rings is 1. The zero-order chi connectivity index (χ0) is 47.7. The number of rotatable bonds is 23. The number of carbonyl (C=O) groups is 7. The fraction of sp³-hybridized carbons (Fsp3) is 0.460. The molecule has 0 unspecified atom stereocenters. The number of carbonyl (C=O) groups excluding carboxylic acids is 7. The van der Waals surface area contributed by atoms with Crippen molar-refractivity contribution >= 4 is 62.8 Å². The Hall–Kier alpha value is -6.20. The van der Waals surface area contributed by atoms with Crippen LogP contribution in [-0.2, 0) is 52.8 Å². The van der Waals surface area contributed by atoms with Gasteiger partial charge in [-0.05, 0) is 73.2 Å². The molecule has 0 spiro atoms. The number of hydrogen-bond donors (Lipinski definition) is 7. The molecule has 1 aliphatic heterocycles. The van der Waals surface area contributed by atoms with Gasteiger partial charge in [0, 0.05) is 35.4 Å². The highest BCUT2D eigenvalue weighted by Gasteiger charge is 2.40. The van der Waals surface area contributed by atoms with Gasteiger partial charge in [-0.3, -0.25) is 33.6 Å². The average Bonchev–Trinajstić information content (AvgIpc) is 4.00. The molecule has 67 heavy (non-hydrogen) atoms. The average molecular weight is 939 g/mol. The van der Waals surface area contributed by atoms with Gasteiger partial charge in [0.25, 0.3) is 5.91 Å². The van der Waals surface area contributed by atoms with Gasteiger partial charge in [0.2, 0.25) is 35.4 Å². The number of nitrogens with one attached hydrogen (secondary N) is 5. The van der Waals surface area contributed by atoms with Crippen molar-refractivity contribution in [1.29, 1.82) is 0 Å². The minimum Gasteiger partial charge on any atom is -0.368 e. The van der Waals surface area contributed by atoms with E-state index < -0.39 is 84.3 Å². The predicted octanol–water partition coefficient (Wildman–Crippen LogP) is 3.51. The molecule has 2 fully saturated rings. The Bertz CT molecular complexity index is 2280. The summed E-state index contributed by atoms with van der Waals surface area (Å²) in [5.41, 5.74) is 13.1. The molecule has 2 aliphatic rings. The number of fused-ring (bicyclic) bond motifs is 1. The van der Waals surface area contributed by atoms with E-state index in [0.29, 0.717) is 31.2 Å². The van der Waals surface area contributed by atoms with Crippen LogP contribution in [0.2, 0.25) is 0 Å². The van der Waals surface area contributed by atoms with Crippen LogP contribution in [0.1, 0.15) is 80.2 Å². The molecule has 1 aliphatic carbocycles. The zero-order valence-corrected chi connectivity index (χ0v) is 38.6. The number of nitrogens with two attached hydrogens (primary N) is 2. The van der Waals surface area contributed by atoms with Crippen molar-refractivity contribution in [2.75, 3.05) is 19.8 Å². The smallest absolute Gasteiger partial charge is 0.252 e. The number of primary amides is 1. The highest BCUT2D eigenvalue weighted by molar-refractivity contribution is 7.19. The van der Waals surface area contributed by atoms with Crippen molar-refractivity contribution in [3.05, 3.63) is 107 Å². The van der Waals surface area contributed by atoms with Crippen LogP contribution in [-0.4, -0.2) is 102 Å². The topological polar surface area (TPSA) is 235 Å². The fourth-order valence-electron chi connectivity index (χ4n) is 9.07. The first kappa shape index (κ1) is 50.2. The van der Waals surface area contributed by atoms with Crippen LogP contribution < -0.4 is 38.1 Å². The Kier molecular flexibility index (Phi) is 18.8. The number of hydrogen-bond acceptors (Lipinski definition) is 9. The van der Waals surface area contributed by atoms with Crippen molar-refractivity contribution in [3.8, 4) is 0 Å². The molecule has 1 aromatic heterocycles. The van der Waals surface area contributed by atoms with E-state index >= 15 is 0 Å². The van der Waals surface area contributed by atoms with E-state index in [1.54, 1.807) is 30.3 Å². The Morgan fingerprint density at radius 1 is 0.657 bits per heavy atom. The summed E-state index contributed by atoms with van der Waals surface area (Å²) in [5.74, 6) is -4.56. The summed E-state index contributed by atoms with van der Waals surface area (Å²) in [4.78, 5) is 98.6. The molecule has 4 aromatic rings. The first-order valence-corrected chi connectivity index (χ1v) is 24.2. The summed E-state index contributed by atoms with van der Waals surface area (Å²) in [5, 5.41) is 14.9. The maximum atomic E-state index is 14.6. The lowest BCUT2D eigenvalue weighted by molar-refractivity contribution is -0.142. The van der Waals surface area contributed by atoms with Crippen LogP contribution in [0.3, 0.4) is 0 Å². The molecule has 0 radical (unpaired) electrons. The summed E-state index contributed by atoms with van der Waals surface area (Å²) in [7, 11) is 0. The lowest BCUT2D eigenvalue weighted by Crippen LogP contribution is -2.60. The van der Waals surface area contributed by atoms with Gasteiger partial charge in [-0.1, -0.05) is 111 Å². The first-order valence-electron chi connectivity index (χ1n) is 23.3. The van der Waals surface area contributed by atoms with Gasteiger partial charge in [-0.15, -0.1) is 11.3 Å². The molecule has 1 saturated heterocycles. The lowest BCUT2D eigenvalue weighted by atomic mass is 9.84. The summed E-state index contributed by atoms with van der Waals surface area (Å²) < 4.78 is 14.3. The Balaban J connectivity index is 1.21. The van der Waals surface area contributed by atoms with E-state index in [9.17, 15) is 38.0 Å². The van der Waals surface area contributed by atoms with Gasteiger partial charge < -0.3 is 43.0 Å². The Labute approximate surface area is 394 Å². The molecular formula is C50H63FN8O7S. The van der Waals surface area contributed by atoms with Gasteiger partial charge in [0.1, 0.15) is 36.3 Å². The second kappa shape index (κ2) is 25.1. The molecule has 0 bridgehead atoms. The molecule has 15 nitrogen and oxygen atoms in total. The zero-order valence-electron chi connectivity index (χ0n) is 37.8. The molecule has 358 valence electrons. The van der Waals surface area contributed by atoms with Crippen molar-refractivity contribution in [2.45, 2.75) is 120 Å². The van der Waals surface area contributed by atoms with Gasteiger partial charge >= 0.3 is 0 Å². The summed E-state index contributed by atoms with van der Waals surface area (Å²) >= 11 is 1.48. The second-order valence-corrected chi connectivity index (χ2v) is 18.8. The van der Waals surface area contributed by atoms with E-state index in [0.717, 1.165) is 52.6 Å². The molecule has 2 heterocycles. The number of benzene rings is 3. The molecular weight excluding hydrogens is 876 g/mol. The monoisotopic (exact) mass is 938 g/mol. The first-order chi connectivity index (χ1) is 32.4. The quantitative estimate of drug-likeness (QED) is 0.0580. The van der Waals surface area contributed by atoms with Crippen molar-refractivity contribution in [3.63, 3.8) is 0 Å². The van der Waals surface area contributed by atoms with Crippen molar-refractivity contribution in [1.82, 2.24) is 31.5 Å². The standard InChI is InChI=1S/C50H63FN8O7S/c51-31-44(60)54-39(27-33-16-6-2-7-17-33)46(62)55-37(21-12-24-52)50(66)59-25-13-22-42(59)49(65)58-40(28-34-18-8-3-9-19-34)47(63)57-41(30-36-29-35-20-10-11-23-43(35)67-36)48(64)56-38(45(53)61)26-32-14-4-1-5-15-32/h1-2,4-7,10-11,14-17,20,23,29,34,37-42H,3,8-9,12-13,18-19,21-22,24-28,30-31,52H2,(H2,53,61)(H,54,60)(H,55,62)(H,56,64)(H,57,63)(H,58,65)/t37-,38-,39-,40+,41-,42-/m0/s1.